The highest BCUT2D eigenvalue weighted by Crippen LogP contribution is 2.44. The zero-order valence-electron chi connectivity index (χ0n) is 27.4. The maximum absolute atomic E-state index is 15.2. The van der Waals surface area contributed by atoms with Gasteiger partial charge in [-0.1, -0.05) is 23.5 Å². The standard InChI is InChI=1S/C34H33F2N3O10S2/c1-37-31(42)20-3-7-23(8-4-20)50-29-30(51-24-9-5-21(6-10-24)32(43)38-2)34(45)39(33(29)44)22-17-25(35)28(26(36)18-22)49-16-15-47-12-11-46-13-14-48-19-27(40)41/h3-10,17-18H,11-16,19H2,1-2H3,(H,37,42)(H,38,43)(H,40,41). The van der Waals surface area contributed by atoms with Crippen LogP contribution < -0.4 is 20.3 Å². The number of carbonyl (C=O) groups is 5. The Kier molecular flexibility index (Phi) is 14.5. The molecule has 1 heterocycles. The molecule has 0 saturated heterocycles. The van der Waals surface area contributed by atoms with Crippen LogP contribution in [0.2, 0.25) is 0 Å². The topological polar surface area (TPSA) is 170 Å². The van der Waals surface area contributed by atoms with Crippen LogP contribution in [0.3, 0.4) is 0 Å². The van der Waals surface area contributed by atoms with Crippen LogP contribution in [0.4, 0.5) is 14.5 Å². The number of imide groups is 1. The van der Waals surface area contributed by atoms with Gasteiger partial charge in [0.05, 0.1) is 48.5 Å². The van der Waals surface area contributed by atoms with Crippen molar-refractivity contribution in [1.29, 1.82) is 0 Å². The minimum atomic E-state index is -1.15. The summed E-state index contributed by atoms with van der Waals surface area (Å²) in [5.41, 5.74) is 0.401. The minimum Gasteiger partial charge on any atom is -0.485 e. The molecule has 4 amide bonds. The fraction of sp³-hybridized carbons (Fsp3) is 0.265. The highest BCUT2D eigenvalue weighted by molar-refractivity contribution is 8.08. The van der Waals surface area contributed by atoms with Gasteiger partial charge in [-0.3, -0.25) is 19.2 Å². The van der Waals surface area contributed by atoms with E-state index in [0.29, 0.717) is 25.8 Å². The Bertz CT molecular complexity index is 1680. The first-order chi connectivity index (χ1) is 24.5. The highest BCUT2D eigenvalue weighted by Gasteiger charge is 2.41. The smallest absolute Gasteiger partial charge is 0.329 e. The molecule has 3 aromatic carbocycles. The van der Waals surface area contributed by atoms with E-state index in [2.05, 4.69) is 10.6 Å². The molecular weight excluding hydrogens is 713 g/mol. The lowest BCUT2D eigenvalue weighted by atomic mass is 10.2. The average molecular weight is 746 g/mol. The molecule has 0 aromatic heterocycles. The molecule has 3 aromatic rings. The summed E-state index contributed by atoms with van der Waals surface area (Å²) < 4.78 is 51.0. The number of hydrogen-bond donors (Lipinski definition) is 3. The van der Waals surface area contributed by atoms with Gasteiger partial charge in [-0.15, -0.1) is 0 Å². The number of aliphatic carboxylic acids is 1. The zero-order valence-corrected chi connectivity index (χ0v) is 29.0. The Morgan fingerprint density at radius 3 is 1.51 bits per heavy atom. The summed E-state index contributed by atoms with van der Waals surface area (Å²) in [6, 6.07) is 14.3. The summed E-state index contributed by atoms with van der Waals surface area (Å²) >= 11 is 1.91. The van der Waals surface area contributed by atoms with Crippen molar-refractivity contribution in [2.75, 3.05) is 65.2 Å². The Balaban J connectivity index is 1.46. The molecule has 13 nitrogen and oxygen atoms in total. The van der Waals surface area contributed by atoms with Gasteiger partial charge in [0.1, 0.15) is 13.2 Å². The Hall–Kier alpha value is -4.81. The minimum absolute atomic E-state index is 0.0110. The second-order valence-corrected chi connectivity index (χ2v) is 12.4. The van der Waals surface area contributed by atoms with Crippen LogP contribution in [0.25, 0.3) is 0 Å². The van der Waals surface area contributed by atoms with Crippen LogP contribution in [0.5, 0.6) is 5.75 Å². The van der Waals surface area contributed by atoms with Crippen molar-refractivity contribution in [2.24, 2.45) is 0 Å². The van der Waals surface area contributed by atoms with Crippen molar-refractivity contribution >= 4 is 58.8 Å². The van der Waals surface area contributed by atoms with Crippen molar-refractivity contribution in [2.45, 2.75) is 9.79 Å². The number of halogens is 2. The van der Waals surface area contributed by atoms with E-state index >= 15 is 8.78 Å². The first-order valence-corrected chi connectivity index (χ1v) is 16.9. The van der Waals surface area contributed by atoms with Gasteiger partial charge in [-0.05, 0) is 48.5 Å². The van der Waals surface area contributed by atoms with Crippen molar-refractivity contribution < 1.29 is 56.8 Å². The van der Waals surface area contributed by atoms with E-state index in [9.17, 15) is 24.0 Å². The Morgan fingerprint density at radius 1 is 0.686 bits per heavy atom. The van der Waals surface area contributed by atoms with E-state index in [4.69, 9.17) is 24.1 Å². The number of ether oxygens (including phenoxy) is 4. The predicted octanol–water partition coefficient (Wildman–Crippen LogP) is 3.87. The van der Waals surface area contributed by atoms with Gasteiger partial charge < -0.3 is 34.7 Å². The van der Waals surface area contributed by atoms with Crippen LogP contribution in [-0.4, -0.2) is 95.0 Å². The van der Waals surface area contributed by atoms with Gasteiger partial charge in [-0.25, -0.2) is 18.5 Å². The summed E-state index contributed by atoms with van der Waals surface area (Å²) in [6.45, 7) is -0.136. The van der Waals surface area contributed by atoms with E-state index in [1.807, 2.05) is 0 Å². The van der Waals surface area contributed by atoms with Gasteiger partial charge in [-0.2, -0.15) is 0 Å². The molecule has 1 aliphatic rings. The summed E-state index contributed by atoms with van der Waals surface area (Å²) in [7, 11) is 2.98. The van der Waals surface area contributed by atoms with E-state index in [0.717, 1.165) is 35.7 Å². The van der Waals surface area contributed by atoms with Crippen molar-refractivity contribution in [3.05, 3.63) is 93.2 Å². The van der Waals surface area contributed by atoms with Gasteiger partial charge in [0.2, 0.25) is 0 Å². The Labute approximate surface area is 299 Å². The highest BCUT2D eigenvalue weighted by atomic mass is 32.2. The molecule has 51 heavy (non-hydrogen) atoms. The van der Waals surface area contributed by atoms with E-state index in [1.165, 1.54) is 14.1 Å². The lowest BCUT2D eigenvalue weighted by Crippen LogP contribution is -2.31. The summed E-state index contributed by atoms with van der Waals surface area (Å²) in [5.74, 6) is -6.38. The first-order valence-electron chi connectivity index (χ1n) is 15.2. The number of benzene rings is 3. The SMILES string of the molecule is CNC(=O)c1ccc(SC2=C(Sc3ccc(C(=O)NC)cc3)C(=O)N(c3cc(F)c(OCCOCCOCCOCC(=O)O)c(F)c3)C2=O)cc1. The molecule has 3 N–H and O–H groups in total. The number of carboxylic acid groups (broad SMARTS) is 1. The van der Waals surface area contributed by atoms with Gasteiger partial charge in [0, 0.05) is 47.1 Å². The number of nitrogens with one attached hydrogen (secondary N) is 2. The van der Waals surface area contributed by atoms with Gasteiger partial charge >= 0.3 is 5.97 Å². The second kappa shape index (κ2) is 19.0. The normalized spacial score (nSPS) is 12.7. The summed E-state index contributed by atoms with van der Waals surface area (Å²) in [4.78, 5) is 63.6. The maximum Gasteiger partial charge on any atom is 0.329 e. The number of carbonyl (C=O) groups excluding carboxylic acids is 4. The fourth-order valence-corrected chi connectivity index (χ4v) is 6.38. The number of anilines is 1. The van der Waals surface area contributed by atoms with Crippen LogP contribution in [0.1, 0.15) is 20.7 Å². The second-order valence-electron chi connectivity index (χ2n) is 10.3. The van der Waals surface area contributed by atoms with E-state index in [1.54, 1.807) is 48.5 Å². The molecule has 0 atom stereocenters. The predicted molar refractivity (Wildman–Crippen MR) is 183 cm³/mol. The third kappa shape index (κ3) is 10.6. The van der Waals surface area contributed by atoms with Crippen LogP contribution in [0, 0.1) is 11.6 Å². The quantitative estimate of drug-likeness (QED) is 0.120. The van der Waals surface area contributed by atoms with Crippen molar-refractivity contribution in [3.63, 3.8) is 0 Å². The third-order valence-corrected chi connectivity index (χ3v) is 9.12. The number of amides is 4. The summed E-state index contributed by atoms with van der Waals surface area (Å²) in [6.07, 6.45) is 0. The van der Waals surface area contributed by atoms with Crippen LogP contribution >= 0.6 is 23.5 Å². The fourth-order valence-electron chi connectivity index (χ4n) is 4.39. The number of nitrogens with zero attached hydrogens (tertiary/aromatic N) is 1. The van der Waals surface area contributed by atoms with Crippen molar-refractivity contribution in [3.8, 4) is 5.75 Å². The number of hydrogen-bond acceptors (Lipinski definition) is 11. The van der Waals surface area contributed by atoms with Gasteiger partial charge in [0.25, 0.3) is 23.6 Å². The monoisotopic (exact) mass is 745 g/mol. The van der Waals surface area contributed by atoms with E-state index in [-0.39, 0.29) is 67.0 Å². The molecule has 1 aliphatic heterocycles. The molecule has 0 fully saturated rings. The zero-order chi connectivity index (χ0) is 36.9. The lowest BCUT2D eigenvalue weighted by molar-refractivity contribution is -0.142. The molecule has 0 saturated carbocycles. The average Bonchev–Trinajstić information content (AvgIpc) is 3.34. The molecule has 0 bridgehead atoms. The van der Waals surface area contributed by atoms with Gasteiger partial charge in [0.15, 0.2) is 17.4 Å². The third-order valence-electron chi connectivity index (χ3n) is 6.81. The largest absolute Gasteiger partial charge is 0.485 e. The molecular formula is C34H33F2N3O10S2. The molecule has 0 radical (unpaired) electrons. The summed E-state index contributed by atoms with van der Waals surface area (Å²) in [5, 5.41) is 13.5. The number of thioether (sulfide) groups is 2. The molecule has 270 valence electrons. The number of rotatable bonds is 19. The molecule has 17 heteroatoms. The van der Waals surface area contributed by atoms with Crippen LogP contribution in [0.15, 0.2) is 80.3 Å². The maximum atomic E-state index is 15.2. The molecule has 4 rings (SSSR count). The lowest BCUT2D eigenvalue weighted by Gasteiger charge is -2.17. The molecule has 0 spiro atoms. The molecule has 0 aliphatic carbocycles. The molecule has 0 unspecified atom stereocenters. The Morgan fingerprint density at radius 2 is 1.10 bits per heavy atom. The van der Waals surface area contributed by atoms with E-state index < -0.39 is 41.8 Å². The van der Waals surface area contributed by atoms with Crippen molar-refractivity contribution in [1.82, 2.24) is 10.6 Å². The number of carboxylic acids is 1. The van der Waals surface area contributed by atoms with Crippen LogP contribution in [-0.2, 0) is 28.6 Å². The first kappa shape index (κ1) is 39.0.